The molecule has 0 saturated heterocycles. The lowest BCUT2D eigenvalue weighted by molar-refractivity contribution is 0.274. The number of hydrogen-bond donors (Lipinski definition) is 1. The van der Waals surface area contributed by atoms with Crippen LogP contribution in [-0.4, -0.2) is 29.5 Å². The molecular formula is C15H21N3. The van der Waals surface area contributed by atoms with E-state index in [0.717, 1.165) is 31.6 Å². The molecule has 2 rings (SSSR count). The number of aromatic nitrogens is 1. The van der Waals surface area contributed by atoms with E-state index in [2.05, 4.69) is 41.1 Å². The second-order valence-electron chi connectivity index (χ2n) is 4.56. The van der Waals surface area contributed by atoms with E-state index >= 15 is 0 Å². The monoisotopic (exact) mass is 243 g/mol. The molecular weight excluding hydrogens is 222 g/mol. The molecule has 0 aliphatic heterocycles. The van der Waals surface area contributed by atoms with Gasteiger partial charge in [0.25, 0.3) is 0 Å². The van der Waals surface area contributed by atoms with Crippen molar-refractivity contribution in [3.8, 4) is 0 Å². The fourth-order valence-corrected chi connectivity index (χ4v) is 2.30. The van der Waals surface area contributed by atoms with Crippen molar-refractivity contribution in [2.75, 3.05) is 19.6 Å². The largest absolute Gasteiger partial charge is 0.329 e. The SMILES string of the molecule is CCCN(CCN)Cc1cccc2cccnc12. The standard InChI is InChI=1S/C15H21N3/c1-2-10-18(11-8-16)12-14-6-3-5-13-7-4-9-17-15(13)14/h3-7,9H,2,8,10-12,16H2,1H3. The molecule has 0 fully saturated rings. The molecule has 0 unspecified atom stereocenters. The van der Waals surface area contributed by atoms with Crippen LogP contribution in [0.4, 0.5) is 0 Å². The lowest BCUT2D eigenvalue weighted by Gasteiger charge is -2.21. The first-order valence-electron chi connectivity index (χ1n) is 6.60. The van der Waals surface area contributed by atoms with Crippen molar-refractivity contribution in [3.63, 3.8) is 0 Å². The molecule has 0 radical (unpaired) electrons. The third-order valence-electron chi connectivity index (χ3n) is 3.10. The number of pyridine rings is 1. The Balaban J connectivity index is 2.24. The van der Waals surface area contributed by atoms with Gasteiger partial charge in [-0.1, -0.05) is 31.2 Å². The maximum absolute atomic E-state index is 5.67. The summed E-state index contributed by atoms with van der Waals surface area (Å²) in [5, 5.41) is 1.21. The van der Waals surface area contributed by atoms with Gasteiger partial charge in [-0.05, 0) is 24.6 Å². The maximum atomic E-state index is 5.67. The van der Waals surface area contributed by atoms with Crippen LogP contribution in [-0.2, 0) is 6.54 Å². The van der Waals surface area contributed by atoms with E-state index < -0.39 is 0 Å². The van der Waals surface area contributed by atoms with E-state index in [1.165, 1.54) is 10.9 Å². The normalized spacial score (nSPS) is 11.3. The highest BCUT2D eigenvalue weighted by atomic mass is 15.1. The smallest absolute Gasteiger partial charge is 0.0746 e. The van der Waals surface area contributed by atoms with Crippen molar-refractivity contribution < 1.29 is 0 Å². The first kappa shape index (κ1) is 13.0. The van der Waals surface area contributed by atoms with Gasteiger partial charge in [-0.25, -0.2) is 0 Å². The van der Waals surface area contributed by atoms with Gasteiger partial charge in [0.2, 0.25) is 0 Å². The summed E-state index contributed by atoms with van der Waals surface area (Å²) in [6, 6.07) is 10.5. The van der Waals surface area contributed by atoms with E-state index in [-0.39, 0.29) is 0 Å². The molecule has 0 atom stereocenters. The molecule has 3 heteroatoms. The second-order valence-corrected chi connectivity index (χ2v) is 4.56. The van der Waals surface area contributed by atoms with Gasteiger partial charge in [-0.3, -0.25) is 9.88 Å². The molecule has 1 aromatic carbocycles. The lowest BCUT2D eigenvalue weighted by Crippen LogP contribution is -2.29. The Kier molecular flexibility index (Phi) is 4.67. The maximum Gasteiger partial charge on any atom is 0.0746 e. The molecule has 0 bridgehead atoms. The molecule has 0 saturated carbocycles. The zero-order valence-corrected chi connectivity index (χ0v) is 11.0. The van der Waals surface area contributed by atoms with Crippen LogP contribution in [0.2, 0.25) is 0 Å². The van der Waals surface area contributed by atoms with E-state index in [1.54, 1.807) is 0 Å². The molecule has 2 aromatic rings. The fourth-order valence-electron chi connectivity index (χ4n) is 2.30. The van der Waals surface area contributed by atoms with E-state index in [9.17, 15) is 0 Å². The van der Waals surface area contributed by atoms with Crippen LogP contribution in [0.25, 0.3) is 10.9 Å². The Hall–Kier alpha value is -1.45. The highest BCUT2D eigenvalue weighted by Gasteiger charge is 2.07. The molecule has 0 spiro atoms. The molecule has 0 aliphatic carbocycles. The topological polar surface area (TPSA) is 42.1 Å². The lowest BCUT2D eigenvalue weighted by atomic mass is 10.1. The van der Waals surface area contributed by atoms with Crippen LogP contribution < -0.4 is 5.73 Å². The predicted octanol–water partition coefficient (Wildman–Crippen LogP) is 2.41. The highest BCUT2D eigenvalue weighted by Crippen LogP contribution is 2.17. The Morgan fingerprint density at radius 3 is 2.78 bits per heavy atom. The number of benzene rings is 1. The summed E-state index contributed by atoms with van der Waals surface area (Å²) >= 11 is 0. The molecule has 1 aromatic heterocycles. The molecule has 3 nitrogen and oxygen atoms in total. The minimum atomic E-state index is 0.707. The number of para-hydroxylation sites is 1. The molecule has 18 heavy (non-hydrogen) atoms. The van der Waals surface area contributed by atoms with Crippen LogP contribution in [0.5, 0.6) is 0 Å². The number of nitrogens with two attached hydrogens (primary N) is 1. The first-order chi connectivity index (χ1) is 8.85. The first-order valence-corrected chi connectivity index (χ1v) is 6.60. The zero-order chi connectivity index (χ0) is 12.8. The fraction of sp³-hybridized carbons (Fsp3) is 0.400. The van der Waals surface area contributed by atoms with Crippen molar-refractivity contribution in [1.82, 2.24) is 9.88 Å². The van der Waals surface area contributed by atoms with Gasteiger partial charge in [0, 0.05) is 31.2 Å². The number of fused-ring (bicyclic) bond motifs is 1. The summed E-state index contributed by atoms with van der Waals surface area (Å²) in [7, 11) is 0. The highest BCUT2D eigenvalue weighted by molar-refractivity contribution is 5.81. The van der Waals surface area contributed by atoms with Gasteiger partial charge in [0.1, 0.15) is 0 Å². The molecule has 96 valence electrons. The molecule has 1 heterocycles. The van der Waals surface area contributed by atoms with Gasteiger partial charge in [0.05, 0.1) is 5.52 Å². The second kappa shape index (κ2) is 6.47. The number of rotatable bonds is 6. The third-order valence-corrected chi connectivity index (χ3v) is 3.10. The quantitative estimate of drug-likeness (QED) is 0.847. The Bertz CT molecular complexity index is 485. The third kappa shape index (κ3) is 3.06. The minimum absolute atomic E-state index is 0.707. The van der Waals surface area contributed by atoms with E-state index in [4.69, 9.17) is 5.73 Å². The van der Waals surface area contributed by atoms with Crippen LogP contribution >= 0.6 is 0 Å². The van der Waals surface area contributed by atoms with Crippen LogP contribution in [0.15, 0.2) is 36.5 Å². The summed E-state index contributed by atoms with van der Waals surface area (Å²) in [6.07, 6.45) is 3.01. The molecule has 2 N–H and O–H groups in total. The van der Waals surface area contributed by atoms with Gasteiger partial charge < -0.3 is 5.73 Å². The predicted molar refractivity (Wildman–Crippen MR) is 76.4 cm³/mol. The van der Waals surface area contributed by atoms with Crippen molar-refractivity contribution in [1.29, 1.82) is 0 Å². The van der Waals surface area contributed by atoms with Gasteiger partial charge in [0.15, 0.2) is 0 Å². The van der Waals surface area contributed by atoms with E-state index in [1.807, 2.05) is 12.3 Å². The Morgan fingerprint density at radius 2 is 2.00 bits per heavy atom. The molecule has 0 amide bonds. The Labute approximate surface area is 109 Å². The summed E-state index contributed by atoms with van der Waals surface area (Å²) < 4.78 is 0. The van der Waals surface area contributed by atoms with Crippen LogP contribution in [0, 0.1) is 0 Å². The van der Waals surface area contributed by atoms with Crippen molar-refractivity contribution in [2.24, 2.45) is 5.73 Å². The van der Waals surface area contributed by atoms with Crippen LogP contribution in [0.3, 0.4) is 0 Å². The summed E-state index contributed by atoms with van der Waals surface area (Å²) in [5.41, 5.74) is 8.07. The van der Waals surface area contributed by atoms with Crippen molar-refractivity contribution in [2.45, 2.75) is 19.9 Å². The van der Waals surface area contributed by atoms with Crippen LogP contribution in [0.1, 0.15) is 18.9 Å². The van der Waals surface area contributed by atoms with Gasteiger partial charge in [-0.15, -0.1) is 0 Å². The van der Waals surface area contributed by atoms with E-state index in [0.29, 0.717) is 6.54 Å². The number of nitrogens with zero attached hydrogens (tertiary/aromatic N) is 2. The minimum Gasteiger partial charge on any atom is -0.329 e. The summed E-state index contributed by atoms with van der Waals surface area (Å²) in [5.74, 6) is 0. The summed E-state index contributed by atoms with van der Waals surface area (Å²) in [6.45, 7) is 5.86. The summed E-state index contributed by atoms with van der Waals surface area (Å²) in [4.78, 5) is 6.89. The zero-order valence-electron chi connectivity index (χ0n) is 11.0. The van der Waals surface area contributed by atoms with Gasteiger partial charge >= 0.3 is 0 Å². The van der Waals surface area contributed by atoms with Gasteiger partial charge in [-0.2, -0.15) is 0 Å². The number of hydrogen-bond acceptors (Lipinski definition) is 3. The van der Waals surface area contributed by atoms with Crippen molar-refractivity contribution in [3.05, 3.63) is 42.1 Å². The average Bonchev–Trinajstić information content (AvgIpc) is 2.40. The Morgan fingerprint density at radius 1 is 1.17 bits per heavy atom. The average molecular weight is 243 g/mol. The van der Waals surface area contributed by atoms with Crippen molar-refractivity contribution >= 4 is 10.9 Å². The molecule has 0 aliphatic rings.